The van der Waals surface area contributed by atoms with Crippen LogP contribution in [0.4, 0.5) is 0 Å². The Morgan fingerprint density at radius 3 is 0.891 bits per heavy atom. The first-order valence-electron chi connectivity index (χ1n) is 28.0. The van der Waals surface area contributed by atoms with Crippen molar-refractivity contribution in [3.05, 3.63) is 36.5 Å². The molecule has 1 atom stereocenters. The predicted octanol–water partition coefficient (Wildman–Crippen LogP) is 18.9. The minimum atomic E-state index is -1.67. The lowest BCUT2D eigenvalue weighted by atomic mass is 9.73. The summed E-state index contributed by atoms with van der Waals surface area (Å²) in [5, 5.41) is 21.2. The summed E-state index contributed by atoms with van der Waals surface area (Å²) in [5.41, 5.74) is -1.62. The lowest BCUT2D eigenvalue weighted by Gasteiger charge is -2.34. The van der Waals surface area contributed by atoms with Crippen LogP contribution in [-0.4, -0.2) is 34.2 Å². The monoisotopic (exact) mass is 899 g/mol. The van der Waals surface area contributed by atoms with Gasteiger partial charge in [-0.3, -0.25) is 9.59 Å². The number of carbonyl (C=O) groups is 3. The van der Waals surface area contributed by atoms with E-state index in [1.165, 1.54) is 135 Å². The smallest absolute Gasteiger partial charge is 0.346 e. The van der Waals surface area contributed by atoms with Gasteiger partial charge in [0.1, 0.15) is 5.41 Å². The van der Waals surface area contributed by atoms with Gasteiger partial charge in [0.2, 0.25) is 6.10 Å². The molecule has 0 amide bonds. The second-order valence-corrected chi connectivity index (χ2v) is 19.4. The summed E-state index contributed by atoms with van der Waals surface area (Å²) in [6.07, 6.45) is 60.1. The van der Waals surface area contributed by atoms with Gasteiger partial charge in [-0.1, -0.05) is 237 Å². The normalized spacial score (nSPS) is 13.4. The van der Waals surface area contributed by atoms with Crippen LogP contribution in [-0.2, 0) is 19.1 Å². The van der Waals surface area contributed by atoms with Crippen molar-refractivity contribution in [3.8, 4) is 0 Å². The summed E-state index contributed by atoms with van der Waals surface area (Å²) in [4.78, 5) is 39.1. The molecule has 6 nitrogen and oxygen atoms in total. The summed E-state index contributed by atoms with van der Waals surface area (Å²) < 4.78 is 5.68. The van der Waals surface area contributed by atoms with Crippen LogP contribution in [0.5, 0.6) is 0 Å². The first kappa shape index (κ1) is 61.6. The molecular formula is C58H106O6. The third-order valence-electron chi connectivity index (χ3n) is 13.3. The van der Waals surface area contributed by atoms with Crippen LogP contribution in [0.15, 0.2) is 36.5 Å². The number of carbonyl (C=O) groups excluding carboxylic acids is 1. The van der Waals surface area contributed by atoms with Crippen molar-refractivity contribution in [2.75, 3.05) is 0 Å². The summed E-state index contributed by atoms with van der Waals surface area (Å²) in [6, 6.07) is 0. The molecule has 0 saturated carbocycles. The highest BCUT2D eigenvalue weighted by Crippen LogP contribution is 2.38. The molecule has 0 bridgehead atoms. The minimum absolute atomic E-state index is 0.125. The molecule has 64 heavy (non-hydrogen) atoms. The van der Waals surface area contributed by atoms with Crippen molar-refractivity contribution in [2.45, 2.75) is 309 Å². The highest BCUT2D eigenvalue weighted by atomic mass is 16.6. The molecule has 374 valence electrons. The summed E-state index contributed by atoms with van der Waals surface area (Å²) >= 11 is 0. The van der Waals surface area contributed by atoms with E-state index >= 15 is 0 Å². The first-order chi connectivity index (χ1) is 31.4. The van der Waals surface area contributed by atoms with Crippen LogP contribution in [0.3, 0.4) is 0 Å². The number of hydrogen-bond acceptors (Lipinski definition) is 4. The molecule has 0 aliphatic heterocycles. The molecule has 0 spiro atoms. The van der Waals surface area contributed by atoms with Gasteiger partial charge in [0.05, 0.1) is 0 Å². The SMILES string of the molecule is CCCCCCCCC=CCCCCCCCCC(CCCCCCCCC=CCCCCCCCC)(C(=O)O)C(OC(=O)CCCCCCCC=CCCCCCCCC)C(=O)O. The fourth-order valence-electron chi connectivity index (χ4n) is 9.02. The molecule has 0 rings (SSSR count). The van der Waals surface area contributed by atoms with Gasteiger partial charge in [-0.15, -0.1) is 0 Å². The van der Waals surface area contributed by atoms with Crippen molar-refractivity contribution in [1.82, 2.24) is 0 Å². The van der Waals surface area contributed by atoms with Gasteiger partial charge in [-0.05, 0) is 96.3 Å². The second-order valence-electron chi connectivity index (χ2n) is 19.4. The first-order valence-corrected chi connectivity index (χ1v) is 28.0. The number of allylic oxidation sites excluding steroid dienone is 6. The fraction of sp³-hybridized carbons (Fsp3) is 0.845. The highest BCUT2D eigenvalue weighted by Gasteiger charge is 2.51. The van der Waals surface area contributed by atoms with Crippen molar-refractivity contribution >= 4 is 17.9 Å². The van der Waals surface area contributed by atoms with Crippen LogP contribution in [0.25, 0.3) is 0 Å². The number of unbranched alkanes of at least 4 members (excludes halogenated alkanes) is 35. The van der Waals surface area contributed by atoms with Crippen LogP contribution in [0.1, 0.15) is 303 Å². The average molecular weight is 899 g/mol. The van der Waals surface area contributed by atoms with Crippen molar-refractivity contribution in [2.24, 2.45) is 5.41 Å². The third kappa shape index (κ3) is 38.9. The maximum Gasteiger partial charge on any atom is 0.346 e. The minimum Gasteiger partial charge on any atom is -0.481 e. The predicted molar refractivity (Wildman–Crippen MR) is 275 cm³/mol. The van der Waals surface area contributed by atoms with Crippen molar-refractivity contribution < 1.29 is 29.3 Å². The molecule has 1 unspecified atom stereocenters. The van der Waals surface area contributed by atoms with E-state index in [0.29, 0.717) is 19.3 Å². The third-order valence-corrected chi connectivity index (χ3v) is 13.3. The Labute approximate surface area is 397 Å². The molecule has 0 heterocycles. The fourth-order valence-corrected chi connectivity index (χ4v) is 9.02. The molecule has 0 aliphatic carbocycles. The lowest BCUT2D eigenvalue weighted by molar-refractivity contribution is -0.184. The highest BCUT2D eigenvalue weighted by molar-refractivity contribution is 5.87. The Hall–Kier alpha value is -2.37. The molecule has 0 aromatic heterocycles. The van der Waals surface area contributed by atoms with Gasteiger partial charge in [0.15, 0.2) is 0 Å². The van der Waals surface area contributed by atoms with Gasteiger partial charge < -0.3 is 14.9 Å². The van der Waals surface area contributed by atoms with E-state index in [2.05, 4.69) is 57.2 Å². The number of ether oxygens (including phenoxy) is 1. The zero-order valence-corrected chi connectivity index (χ0v) is 42.7. The van der Waals surface area contributed by atoms with E-state index in [1.54, 1.807) is 0 Å². The molecule has 0 radical (unpaired) electrons. The van der Waals surface area contributed by atoms with Crippen LogP contribution in [0.2, 0.25) is 0 Å². The van der Waals surface area contributed by atoms with Gasteiger partial charge in [-0.25, -0.2) is 4.79 Å². The van der Waals surface area contributed by atoms with Crippen LogP contribution >= 0.6 is 0 Å². The topological polar surface area (TPSA) is 101 Å². The maximum absolute atomic E-state index is 13.2. The molecule has 0 saturated heterocycles. The van der Waals surface area contributed by atoms with E-state index in [1.807, 2.05) is 0 Å². The summed E-state index contributed by atoms with van der Waals surface area (Å²) in [5.74, 6) is -3.07. The average Bonchev–Trinajstić information content (AvgIpc) is 3.28. The quantitative estimate of drug-likeness (QED) is 0.0358. The number of esters is 1. The molecule has 2 N–H and O–H groups in total. The van der Waals surface area contributed by atoms with E-state index in [9.17, 15) is 24.6 Å². The molecule has 0 aromatic carbocycles. The van der Waals surface area contributed by atoms with Crippen molar-refractivity contribution in [1.29, 1.82) is 0 Å². The summed E-state index contributed by atoms with van der Waals surface area (Å²) in [6.45, 7) is 6.77. The molecule has 0 aromatic rings. The Morgan fingerprint density at radius 2 is 0.625 bits per heavy atom. The number of carboxylic acid groups (broad SMARTS) is 2. The van der Waals surface area contributed by atoms with Gasteiger partial charge in [0.25, 0.3) is 0 Å². The number of rotatable bonds is 51. The lowest BCUT2D eigenvalue weighted by Crippen LogP contribution is -2.49. The number of hydrogen-bond donors (Lipinski definition) is 2. The molecule has 0 fully saturated rings. The second kappa shape index (κ2) is 48.6. The maximum atomic E-state index is 13.2. The van der Waals surface area contributed by atoms with E-state index < -0.39 is 29.4 Å². The Bertz CT molecular complexity index is 1080. The van der Waals surface area contributed by atoms with Gasteiger partial charge in [-0.2, -0.15) is 0 Å². The number of carboxylic acids is 2. The summed E-state index contributed by atoms with van der Waals surface area (Å²) in [7, 11) is 0. The molecule has 6 heteroatoms. The zero-order chi connectivity index (χ0) is 46.9. The van der Waals surface area contributed by atoms with E-state index in [-0.39, 0.29) is 19.3 Å². The zero-order valence-electron chi connectivity index (χ0n) is 42.7. The van der Waals surface area contributed by atoms with E-state index in [4.69, 9.17) is 4.74 Å². The molecule has 0 aliphatic rings. The Morgan fingerprint density at radius 1 is 0.375 bits per heavy atom. The molecular weight excluding hydrogens is 793 g/mol. The van der Waals surface area contributed by atoms with Gasteiger partial charge in [0, 0.05) is 6.42 Å². The number of aliphatic carboxylic acids is 2. The standard InChI is InChI=1S/C58H106O6/c1-4-7-10-13-16-19-22-25-28-31-34-37-40-43-46-49-52-58(57(62)63,53-50-47-44-41-38-35-32-29-26-23-20-17-14-11-8-5-2)55(56(60)61)64-54(59)51-48-45-42-39-36-33-30-27-24-21-18-15-12-9-6-3/h25-30,55H,4-24,31-53H2,1-3H3,(H,60,61)(H,62,63). The van der Waals surface area contributed by atoms with Crippen LogP contribution in [0, 0.1) is 5.41 Å². The van der Waals surface area contributed by atoms with Crippen molar-refractivity contribution in [3.63, 3.8) is 0 Å². The largest absolute Gasteiger partial charge is 0.481 e. The Balaban J connectivity index is 4.92. The van der Waals surface area contributed by atoms with E-state index in [0.717, 1.165) is 109 Å². The Kier molecular flexibility index (Phi) is 46.8. The van der Waals surface area contributed by atoms with Crippen LogP contribution < -0.4 is 0 Å². The van der Waals surface area contributed by atoms with Gasteiger partial charge >= 0.3 is 17.9 Å².